The third-order valence-electron chi connectivity index (χ3n) is 4.48. The highest BCUT2D eigenvalue weighted by Crippen LogP contribution is 2.24. The molecule has 1 heterocycles. The molecule has 2 fully saturated rings. The van der Waals surface area contributed by atoms with Crippen molar-refractivity contribution < 1.29 is 9.59 Å². The van der Waals surface area contributed by atoms with Gasteiger partial charge in [-0.25, -0.2) is 4.79 Å². The van der Waals surface area contributed by atoms with Crippen molar-refractivity contribution in [3.05, 3.63) is 28.2 Å². The minimum absolute atomic E-state index is 0.0230. The number of hydrogen-bond acceptors (Lipinski definition) is 2. The van der Waals surface area contributed by atoms with Gasteiger partial charge in [0.25, 0.3) is 0 Å². The summed E-state index contributed by atoms with van der Waals surface area (Å²) >= 11 is 3.46. The molecule has 6 heteroatoms. The lowest BCUT2D eigenvalue weighted by atomic mass is 9.96. The summed E-state index contributed by atoms with van der Waals surface area (Å²) < 4.78 is 1.03. The molecule has 1 aromatic rings. The Morgan fingerprint density at radius 1 is 1.17 bits per heavy atom. The van der Waals surface area contributed by atoms with Crippen LogP contribution in [0.2, 0.25) is 0 Å². The van der Waals surface area contributed by atoms with Gasteiger partial charge in [0, 0.05) is 35.2 Å². The summed E-state index contributed by atoms with van der Waals surface area (Å²) in [6.07, 6.45) is 3.63. The number of hydrogen-bond donors (Lipinski definition) is 2. The molecule has 2 aliphatic rings. The smallest absolute Gasteiger partial charge is 0.317 e. The van der Waals surface area contributed by atoms with Crippen LogP contribution < -0.4 is 10.6 Å². The van der Waals surface area contributed by atoms with E-state index in [1.165, 1.54) is 0 Å². The molecule has 0 radical (unpaired) electrons. The number of nitrogens with zero attached hydrogens (tertiary/aromatic N) is 1. The fraction of sp³-hybridized carbons (Fsp3) is 0.529. The number of aryl methyl sites for hydroxylation is 1. The molecule has 1 aromatic carbocycles. The molecule has 0 unspecified atom stereocenters. The quantitative estimate of drug-likeness (QED) is 0.846. The fourth-order valence-corrected chi connectivity index (χ4v) is 3.05. The van der Waals surface area contributed by atoms with Crippen LogP contribution in [0.25, 0.3) is 0 Å². The highest BCUT2D eigenvalue weighted by Gasteiger charge is 2.30. The van der Waals surface area contributed by atoms with Gasteiger partial charge in [0.1, 0.15) is 0 Å². The molecule has 0 spiro atoms. The van der Waals surface area contributed by atoms with Crippen LogP contribution in [0.4, 0.5) is 10.5 Å². The van der Waals surface area contributed by atoms with Crippen molar-refractivity contribution in [1.82, 2.24) is 10.2 Å². The summed E-state index contributed by atoms with van der Waals surface area (Å²) in [5, 5.41) is 5.99. The van der Waals surface area contributed by atoms with Gasteiger partial charge in [-0.2, -0.15) is 0 Å². The Morgan fingerprint density at radius 3 is 2.48 bits per heavy atom. The van der Waals surface area contributed by atoms with E-state index in [4.69, 9.17) is 0 Å². The van der Waals surface area contributed by atoms with E-state index >= 15 is 0 Å². The molecule has 23 heavy (non-hydrogen) atoms. The third-order valence-corrected chi connectivity index (χ3v) is 5.37. The van der Waals surface area contributed by atoms with Crippen molar-refractivity contribution in [2.45, 2.75) is 38.6 Å². The van der Waals surface area contributed by atoms with Gasteiger partial charge in [0.2, 0.25) is 5.91 Å². The molecule has 5 nitrogen and oxygen atoms in total. The Balaban J connectivity index is 1.49. The molecule has 0 bridgehead atoms. The maximum absolute atomic E-state index is 12.4. The number of carbonyl (C=O) groups excluding carboxylic acids is 2. The Kier molecular flexibility index (Phi) is 4.90. The van der Waals surface area contributed by atoms with E-state index in [1.807, 2.05) is 30.0 Å². The van der Waals surface area contributed by atoms with Crippen molar-refractivity contribution in [1.29, 1.82) is 0 Å². The van der Waals surface area contributed by atoms with Gasteiger partial charge in [-0.15, -0.1) is 0 Å². The van der Waals surface area contributed by atoms with E-state index in [-0.39, 0.29) is 17.9 Å². The van der Waals surface area contributed by atoms with E-state index in [1.54, 1.807) is 0 Å². The number of amides is 3. The van der Waals surface area contributed by atoms with Gasteiger partial charge in [0.15, 0.2) is 0 Å². The molecule has 1 saturated heterocycles. The van der Waals surface area contributed by atoms with Gasteiger partial charge in [0.05, 0.1) is 0 Å². The summed E-state index contributed by atoms with van der Waals surface area (Å²) in [4.78, 5) is 26.2. The highest BCUT2D eigenvalue weighted by molar-refractivity contribution is 9.10. The predicted octanol–water partition coefficient (Wildman–Crippen LogP) is 3.28. The van der Waals surface area contributed by atoms with Crippen molar-refractivity contribution in [3.63, 3.8) is 0 Å². The molecular formula is C17H22BrN3O2. The number of halogens is 1. The lowest BCUT2D eigenvalue weighted by molar-refractivity contribution is -0.121. The molecule has 0 atom stereocenters. The second-order valence-electron chi connectivity index (χ2n) is 6.44. The number of likely N-dealkylation sites (tertiary alicyclic amines) is 1. The van der Waals surface area contributed by atoms with E-state index < -0.39 is 0 Å². The molecule has 0 aromatic heterocycles. The summed E-state index contributed by atoms with van der Waals surface area (Å²) in [6, 6.07) is 6.20. The van der Waals surface area contributed by atoms with Gasteiger partial charge in [-0.05, 0) is 56.4 Å². The normalized spacial score (nSPS) is 18.6. The molecule has 1 aliphatic heterocycles. The van der Waals surface area contributed by atoms with Crippen LogP contribution in [0.3, 0.4) is 0 Å². The van der Waals surface area contributed by atoms with Gasteiger partial charge in [-0.1, -0.05) is 15.9 Å². The Morgan fingerprint density at radius 2 is 1.87 bits per heavy atom. The number of anilines is 1. The standard InChI is InChI=1S/C17H22BrN3O2/c1-11-10-14(4-5-15(11)18)19-16(22)12-6-8-21(9-7-12)17(23)20-13-2-3-13/h4-5,10,12-13H,2-3,6-9H2,1H3,(H,19,22)(H,20,23). The third kappa shape index (κ3) is 4.25. The molecule has 124 valence electrons. The number of carbonyl (C=O) groups is 2. The van der Waals surface area contributed by atoms with Crippen LogP contribution in [0.15, 0.2) is 22.7 Å². The second-order valence-corrected chi connectivity index (χ2v) is 7.29. The highest BCUT2D eigenvalue weighted by atomic mass is 79.9. The van der Waals surface area contributed by atoms with Crippen LogP contribution in [-0.2, 0) is 4.79 Å². The SMILES string of the molecule is Cc1cc(NC(=O)C2CCN(C(=O)NC3CC3)CC2)ccc1Br. The molecule has 3 amide bonds. The molecule has 2 N–H and O–H groups in total. The summed E-state index contributed by atoms with van der Waals surface area (Å²) in [5.41, 5.74) is 1.92. The van der Waals surface area contributed by atoms with E-state index in [2.05, 4.69) is 26.6 Å². The second kappa shape index (κ2) is 6.91. The van der Waals surface area contributed by atoms with Crippen molar-refractivity contribution >= 4 is 33.6 Å². The van der Waals surface area contributed by atoms with Gasteiger partial charge in [-0.3, -0.25) is 4.79 Å². The van der Waals surface area contributed by atoms with Crippen LogP contribution in [0, 0.1) is 12.8 Å². The maximum atomic E-state index is 12.4. The van der Waals surface area contributed by atoms with Crippen molar-refractivity contribution in [2.24, 2.45) is 5.92 Å². The zero-order valence-electron chi connectivity index (χ0n) is 13.3. The first-order valence-corrected chi connectivity index (χ1v) is 8.94. The predicted molar refractivity (Wildman–Crippen MR) is 93.4 cm³/mol. The van der Waals surface area contributed by atoms with Crippen molar-refractivity contribution in [3.8, 4) is 0 Å². The van der Waals surface area contributed by atoms with Crippen LogP contribution in [-0.4, -0.2) is 36.0 Å². The molecule has 1 aliphatic carbocycles. The number of piperidine rings is 1. The zero-order valence-corrected chi connectivity index (χ0v) is 14.9. The first kappa shape index (κ1) is 16.3. The maximum Gasteiger partial charge on any atom is 0.317 e. The minimum atomic E-state index is -0.0241. The lowest BCUT2D eigenvalue weighted by Crippen LogP contribution is -2.46. The minimum Gasteiger partial charge on any atom is -0.335 e. The van der Waals surface area contributed by atoms with E-state index in [9.17, 15) is 9.59 Å². The zero-order chi connectivity index (χ0) is 16.4. The van der Waals surface area contributed by atoms with Gasteiger partial charge < -0.3 is 15.5 Å². The first-order chi connectivity index (χ1) is 11.0. The average molecular weight is 380 g/mol. The average Bonchev–Trinajstić information content (AvgIpc) is 3.35. The summed E-state index contributed by atoms with van der Waals surface area (Å²) in [6.45, 7) is 3.29. The Bertz CT molecular complexity index is 608. The van der Waals surface area contributed by atoms with E-state index in [0.29, 0.717) is 19.1 Å². The Labute approximate surface area is 144 Å². The monoisotopic (exact) mass is 379 g/mol. The van der Waals surface area contributed by atoms with Crippen LogP contribution in [0.5, 0.6) is 0 Å². The number of benzene rings is 1. The van der Waals surface area contributed by atoms with Gasteiger partial charge >= 0.3 is 6.03 Å². The van der Waals surface area contributed by atoms with E-state index in [0.717, 1.165) is 41.4 Å². The molecular weight excluding hydrogens is 358 g/mol. The Hall–Kier alpha value is -1.56. The number of rotatable bonds is 3. The van der Waals surface area contributed by atoms with Crippen molar-refractivity contribution in [2.75, 3.05) is 18.4 Å². The topological polar surface area (TPSA) is 61.4 Å². The fourth-order valence-electron chi connectivity index (χ4n) is 2.81. The number of urea groups is 1. The molecule has 3 rings (SSSR count). The summed E-state index contributed by atoms with van der Waals surface area (Å²) in [5.74, 6) is 0.0258. The first-order valence-electron chi connectivity index (χ1n) is 8.15. The largest absolute Gasteiger partial charge is 0.335 e. The molecule has 1 saturated carbocycles. The van der Waals surface area contributed by atoms with Crippen LogP contribution in [0.1, 0.15) is 31.2 Å². The lowest BCUT2D eigenvalue weighted by Gasteiger charge is -2.31. The summed E-state index contributed by atoms with van der Waals surface area (Å²) in [7, 11) is 0. The van der Waals surface area contributed by atoms with Crippen LogP contribution >= 0.6 is 15.9 Å². The number of nitrogens with one attached hydrogen (secondary N) is 2.